The summed E-state index contributed by atoms with van der Waals surface area (Å²) in [6.45, 7) is 6.43. The first kappa shape index (κ1) is 21.3. The van der Waals surface area contributed by atoms with Crippen LogP contribution in [0.3, 0.4) is 0 Å². The van der Waals surface area contributed by atoms with E-state index in [9.17, 15) is 14.7 Å². The number of aliphatic hydroxyl groups excluding tert-OH is 1. The van der Waals surface area contributed by atoms with Crippen LogP contribution in [0.2, 0.25) is 0 Å². The van der Waals surface area contributed by atoms with Crippen molar-refractivity contribution in [2.45, 2.75) is 13.0 Å². The molecule has 3 rings (SSSR count). The van der Waals surface area contributed by atoms with Gasteiger partial charge in [0.1, 0.15) is 18.1 Å². The van der Waals surface area contributed by atoms with Crippen molar-refractivity contribution in [1.29, 1.82) is 0 Å². The molecule has 1 unspecified atom stereocenters. The maximum absolute atomic E-state index is 12.9. The van der Waals surface area contributed by atoms with Crippen LogP contribution in [0.5, 0.6) is 5.75 Å². The molecule has 30 heavy (non-hydrogen) atoms. The van der Waals surface area contributed by atoms with Crippen molar-refractivity contribution in [2.75, 3.05) is 26.9 Å². The van der Waals surface area contributed by atoms with Crippen LogP contribution in [0, 0.1) is 6.92 Å². The number of nitrogens with zero attached hydrogens (tertiary/aromatic N) is 1. The van der Waals surface area contributed by atoms with Gasteiger partial charge < -0.3 is 19.5 Å². The predicted octanol–water partition coefficient (Wildman–Crippen LogP) is 3.63. The Balaban J connectivity index is 2.07. The summed E-state index contributed by atoms with van der Waals surface area (Å²) in [7, 11) is 1.53. The Hall–Kier alpha value is -3.38. The molecule has 1 atom stereocenters. The van der Waals surface area contributed by atoms with Crippen LogP contribution in [-0.2, 0) is 14.3 Å². The van der Waals surface area contributed by atoms with E-state index in [1.54, 1.807) is 42.5 Å². The summed E-state index contributed by atoms with van der Waals surface area (Å²) in [5.41, 5.74) is 2.28. The molecule has 0 spiro atoms. The third-order valence-electron chi connectivity index (χ3n) is 4.96. The summed E-state index contributed by atoms with van der Waals surface area (Å²) in [6.07, 6.45) is 1.65. The normalized spacial score (nSPS) is 17.9. The third-order valence-corrected chi connectivity index (χ3v) is 4.96. The van der Waals surface area contributed by atoms with Crippen LogP contribution < -0.4 is 4.74 Å². The van der Waals surface area contributed by atoms with Crippen LogP contribution >= 0.6 is 0 Å². The molecule has 156 valence electrons. The highest BCUT2D eigenvalue weighted by Crippen LogP contribution is 2.39. The Labute approximate surface area is 176 Å². The van der Waals surface area contributed by atoms with Gasteiger partial charge in [-0.25, -0.2) is 0 Å². The van der Waals surface area contributed by atoms with Crippen molar-refractivity contribution >= 4 is 17.4 Å². The maximum atomic E-state index is 12.9. The molecule has 0 bridgehead atoms. The molecule has 0 aliphatic carbocycles. The number of hydrogen-bond acceptors (Lipinski definition) is 5. The molecule has 1 amide bonds. The number of likely N-dealkylation sites (tertiary alicyclic amines) is 1. The van der Waals surface area contributed by atoms with Gasteiger partial charge in [-0.15, -0.1) is 0 Å². The number of ether oxygens (including phenoxy) is 2. The Morgan fingerprint density at radius 3 is 2.40 bits per heavy atom. The molecule has 0 radical (unpaired) electrons. The van der Waals surface area contributed by atoms with Crippen LogP contribution in [0.4, 0.5) is 0 Å². The predicted molar refractivity (Wildman–Crippen MR) is 114 cm³/mol. The number of Topliss-reactive ketones (excluding diaryl/α,β-unsaturated/α-hetero) is 1. The highest BCUT2D eigenvalue weighted by atomic mass is 16.5. The fraction of sp³-hybridized carbons (Fsp3) is 0.250. The summed E-state index contributed by atoms with van der Waals surface area (Å²) < 4.78 is 10.6. The lowest BCUT2D eigenvalue weighted by atomic mass is 9.95. The molecule has 0 saturated carbocycles. The van der Waals surface area contributed by atoms with E-state index < -0.39 is 17.7 Å². The minimum atomic E-state index is -0.713. The zero-order valence-electron chi connectivity index (χ0n) is 17.1. The number of ketones is 1. The Bertz CT molecular complexity index is 960. The minimum absolute atomic E-state index is 0.0692. The molecule has 1 N–H and O–H groups in total. The van der Waals surface area contributed by atoms with E-state index in [2.05, 4.69) is 6.58 Å². The molecule has 1 aliphatic rings. The monoisotopic (exact) mass is 407 g/mol. The fourth-order valence-electron chi connectivity index (χ4n) is 3.42. The van der Waals surface area contributed by atoms with Gasteiger partial charge in [-0.1, -0.05) is 54.6 Å². The summed E-state index contributed by atoms with van der Waals surface area (Å²) in [5, 5.41) is 11.0. The van der Waals surface area contributed by atoms with Gasteiger partial charge in [0, 0.05) is 19.2 Å². The van der Waals surface area contributed by atoms with E-state index in [1.165, 1.54) is 12.0 Å². The summed E-state index contributed by atoms with van der Waals surface area (Å²) in [4.78, 5) is 27.0. The van der Waals surface area contributed by atoms with E-state index in [0.29, 0.717) is 23.5 Å². The van der Waals surface area contributed by atoms with Crippen molar-refractivity contribution in [3.05, 3.63) is 83.4 Å². The molecule has 1 saturated heterocycles. The smallest absolute Gasteiger partial charge is 0.295 e. The summed E-state index contributed by atoms with van der Waals surface area (Å²) >= 11 is 0. The lowest BCUT2D eigenvalue weighted by Gasteiger charge is -2.25. The molecule has 1 heterocycles. The van der Waals surface area contributed by atoms with Crippen LogP contribution in [0.25, 0.3) is 5.76 Å². The van der Waals surface area contributed by atoms with Crippen molar-refractivity contribution in [2.24, 2.45) is 0 Å². The van der Waals surface area contributed by atoms with Crippen LogP contribution in [-0.4, -0.2) is 48.6 Å². The third kappa shape index (κ3) is 4.28. The molecule has 2 aromatic rings. The SMILES string of the molecule is C=CCOc1ccc(C2/C(=C(\O)c3ccc(C)cc3)C(=O)C(=O)N2CCOC)cc1. The van der Waals surface area contributed by atoms with Gasteiger partial charge in [-0.2, -0.15) is 0 Å². The van der Waals surface area contributed by atoms with E-state index in [1.807, 2.05) is 19.1 Å². The molecule has 1 fully saturated rings. The van der Waals surface area contributed by atoms with E-state index in [0.717, 1.165) is 5.56 Å². The largest absolute Gasteiger partial charge is 0.507 e. The Morgan fingerprint density at radius 2 is 1.80 bits per heavy atom. The van der Waals surface area contributed by atoms with Crippen molar-refractivity contribution in [3.8, 4) is 5.75 Å². The molecular formula is C24H25NO5. The second kappa shape index (κ2) is 9.41. The Kier molecular flexibility index (Phi) is 6.69. The second-order valence-electron chi connectivity index (χ2n) is 7.02. The second-order valence-corrected chi connectivity index (χ2v) is 7.02. The van der Waals surface area contributed by atoms with Crippen molar-refractivity contribution < 1.29 is 24.2 Å². The number of rotatable bonds is 8. The molecule has 6 nitrogen and oxygen atoms in total. The summed E-state index contributed by atoms with van der Waals surface area (Å²) in [5.74, 6) is -0.907. The van der Waals surface area contributed by atoms with Gasteiger partial charge in [0.05, 0.1) is 18.2 Å². The molecule has 1 aliphatic heterocycles. The zero-order valence-corrected chi connectivity index (χ0v) is 17.1. The van der Waals surface area contributed by atoms with Crippen molar-refractivity contribution in [1.82, 2.24) is 4.90 Å². The molecule has 2 aromatic carbocycles. The van der Waals surface area contributed by atoms with Gasteiger partial charge in [0.15, 0.2) is 0 Å². The quantitative estimate of drug-likeness (QED) is 0.313. The van der Waals surface area contributed by atoms with Gasteiger partial charge in [0.25, 0.3) is 11.7 Å². The number of aliphatic hydroxyl groups is 1. The van der Waals surface area contributed by atoms with Crippen LogP contribution in [0.15, 0.2) is 66.8 Å². The van der Waals surface area contributed by atoms with E-state index >= 15 is 0 Å². The lowest BCUT2D eigenvalue weighted by molar-refractivity contribution is -0.140. The number of amides is 1. The first-order chi connectivity index (χ1) is 14.5. The van der Waals surface area contributed by atoms with Gasteiger partial charge >= 0.3 is 0 Å². The minimum Gasteiger partial charge on any atom is -0.507 e. The van der Waals surface area contributed by atoms with E-state index in [4.69, 9.17) is 9.47 Å². The average Bonchev–Trinajstić information content (AvgIpc) is 3.01. The zero-order chi connectivity index (χ0) is 21.7. The van der Waals surface area contributed by atoms with E-state index in [-0.39, 0.29) is 24.5 Å². The number of carbonyl (C=O) groups is 2. The number of hydrogen-bond donors (Lipinski definition) is 1. The fourth-order valence-corrected chi connectivity index (χ4v) is 3.42. The summed E-state index contributed by atoms with van der Waals surface area (Å²) in [6, 6.07) is 13.5. The standard InChI is InChI=1S/C24H25NO5/c1-4-14-30-19-11-9-17(10-12-19)21-20(22(26)18-7-5-16(2)6-8-18)23(27)24(28)25(21)13-15-29-3/h4-12,21,26H,1,13-15H2,2-3H3/b22-20+. The Morgan fingerprint density at radius 1 is 1.13 bits per heavy atom. The molecule has 0 aromatic heterocycles. The number of methoxy groups -OCH3 is 1. The molecular weight excluding hydrogens is 382 g/mol. The van der Waals surface area contributed by atoms with Crippen molar-refractivity contribution in [3.63, 3.8) is 0 Å². The lowest BCUT2D eigenvalue weighted by Crippen LogP contribution is -2.32. The topological polar surface area (TPSA) is 76.1 Å². The number of carbonyl (C=O) groups excluding carboxylic acids is 2. The van der Waals surface area contributed by atoms with Gasteiger partial charge in [0.2, 0.25) is 0 Å². The number of benzene rings is 2. The highest BCUT2D eigenvalue weighted by molar-refractivity contribution is 6.46. The number of aryl methyl sites for hydroxylation is 1. The van der Waals surface area contributed by atoms with Gasteiger partial charge in [-0.05, 0) is 24.6 Å². The first-order valence-electron chi connectivity index (χ1n) is 9.66. The highest BCUT2D eigenvalue weighted by Gasteiger charge is 2.45. The maximum Gasteiger partial charge on any atom is 0.295 e. The van der Waals surface area contributed by atoms with Gasteiger partial charge in [-0.3, -0.25) is 9.59 Å². The molecule has 6 heteroatoms. The van der Waals surface area contributed by atoms with Crippen LogP contribution in [0.1, 0.15) is 22.7 Å². The first-order valence-corrected chi connectivity index (χ1v) is 9.66. The average molecular weight is 407 g/mol.